The number of benzene rings is 1. The van der Waals surface area contributed by atoms with Gasteiger partial charge in [0, 0.05) is 6.92 Å². The fourth-order valence-corrected chi connectivity index (χ4v) is 1.62. The summed E-state index contributed by atoms with van der Waals surface area (Å²) in [5.74, 6) is 0.495. The molecule has 3 heteroatoms. The van der Waals surface area contributed by atoms with Gasteiger partial charge in [-0.05, 0) is 30.0 Å². The Hall–Kier alpha value is -1.02. The highest BCUT2D eigenvalue weighted by molar-refractivity contribution is 6.33. The SMILES string of the molecule is CC(=O)Nc1cc(CC(C)C)ccc1Cl. The number of nitrogens with one attached hydrogen (secondary N) is 1. The number of hydrogen-bond acceptors (Lipinski definition) is 1. The lowest BCUT2D eigenvalue weighted by molar-refractivity contribution is -0.114. The molecule has 1 aromatic carbocycles. The molecule has 0 heterocycles. The number of anilines is 1. The largest absolute Gasteiger partial charge is 0.325 e. The summed E-state index contributed by atoms with van der Waals surface area (Å²) in [7, 11) is 0. The predicted molar refractivity (Wildman–Crippen MR) is 64.3 cm³/mol. The Balaban J connectivity index is 2.89. The molecule has 0 aliphatic carbocycles. The standard InChI is InChI=1S/C12H16ClNO/c1-8(2)6-10-4-5-11(13)12(7-10)14-9(3)15/h4-5,7-8H,6H2,1-3H3,(H,14,15). The third-order valence-electron chi connectivity index (χ3n) is 1.99. The first-order valence-corrected chi connectivity index (χ1v) is 5.43. The zero-order valence-electron chi connectivity index (χ0n) is 9.30. The fourth-order valence-electron chi connectivity index (χ4n) is 1.46. The van der Waals surface area contributed by atoms with Crippen LogP contribution in [0.25, 0.3) is 0 Å². The molecule has 15 heavy (non-hydrogen) atoms. The maximum Gasteiger partial charge on any atom is 0.221 e. The van der Waals surface area contributed by atoms with Crippen molar-refractivity contribution in [2.45, 2.75) is 27.2 Å². The van der Waals surface area contributed by atoms with Gasteiger partial charge in [0.25, 0.3) is 0 Å². The van der Waals surface area contributed by atoms with Gasteiger partial charge in [-0.1, -0.05) is 31.5 Å². The van der Waals surface area contributed by atoms with E-state index >= 15 is 0 Å². The molecule has 0 spiro atoms. The summed E-state index contributed by atoms with van der Waals surface area (Å²) in [5, 5.41) is 3.30. The minimum atomic E-state index is -0.0985. The Kier molecular flexibility index (Phi) is 4.15. The highest BCUT2D eigenvalue weighted by atomic mass is 35.5. The summed E-state index contributed by atoms with van der Waals surface area (Å²) in [6.45, 7) is 5.80. The van der Waals surface area contributed by atoms with Crippen LogP contribution < -0.4 is 5.32 Å². The van der Waals surface area contributed by atoms with Gasteiger partial charge in [-0.25, -0.2) is 0 Å². The highest BCUT2D eigenvalue weighted by Crippen LogP contribution is 2.24. The predicted octanol–water partition coefficient (Wildman–Crippen LogP) is 3.50. The molecule has 1 rings (SSSR count). The van der Waals surface area contributed by atoms with Gasteiger partial charge in [-0.15, -0.1) is 0 Å². The number of amides is 1. The topological polar surface area (TPSA) is 29.1 Å². The van der Waals surface area contributed by atoms with Crippen LogP contribution in [0.1, 0.15) is 26.3 Å². The van der Waals surface area contributed by atoms with Crippen molar-refractivity contribution in [3.8, 4) is 0 Å². The van der Waals surface area contributed by atoms with Crippen LogP contribution in [0, 0.1) is 5.92 Å². The maximum atomic E-state index is 10.9. The number of rotatable bonds is 3. The third-order valence-corrected chi connectivity index (χ3v) is 2.32. The van der Waals surface area contributed by atoms with Crippen molar-refractivity contribution in [3.63, 3.8) is 0 Å². The average molecular weight is 226 g/mol. The maximum absolute atomic E-state index is 10.9. The van der Waals surface area contributed by atoms with Gasteiger partial charge in [0.1, 0.15) is 0 Å². The first-order chi connectivity index (χ1) is 6.99. The molecule has 82 valence electrons. The number of carbonyl (C=O) groups is 1. The van der Waals surface area contributed by atoms with Gasteiger partial charge in [-0.2, -0.15) is 0 Å². The number of halogens is 1. The van der Waals surface area contributed by atoms with Gasteiger partial charge in [0.05, 0.1) is 10.7 Å². The van der Waals surface area contributed by atoms with Crippen LogP contribution in [0.5, 0.6) is 0 Å². The van der Waals surface area contributed by atoms with E-state index in [1.807, 2.05) is 18.2 Å². The molecule has 0 radical (unpaired) electrons. The lowest BCUT2D eigenvalue weighted by Crippen LogP contribution is -2.07. The number of hydrogen-bond donors (Lipinski definition) is 1. The van der Waals surface area contributed by atoms with Gasteiger partial charge in [0.2, 0.25) is 5.91 Å². The van der Waals surface area contributed by atoms with Crippen molar-refractivity contribution < 1.29 is 4.79 Å². The first-order valence-electron chi connectivity index (χ1n) is 5.05. The molecule has 0 aromatic heterocycles. The van der Waals surface area contributed by atoms with E-state index < -0.39 is 0 Å². The Morgan fingerprint density at radius 3 is 2.67 bits per heavy atom. The van der Waals surface area contributed by atoms with Crippen LogP contribution in [0.2, 0.25) is 5.02 Å². The van der Waals surface area contributed by atoms with E-state index in [0.717, 1.165) is 6.42 Å². The van der Waals surface area contributed by atoms with Crippen LogP contribution in [0.3, 0.4) is 0 Å². The summed E-state index contributed by atoms with van der Waals surface area (Å²) in [5.41, 5.74) is 1.89. The lowest BCUT2D eigenvalue weighted by atomic mass is 10.0. The zero-order chi connectivity index (χ0) is 11.4. The Morgan fingerprint density at radius 1 is 1.47 bits per heavy atom. The van der Waals surface area contributed by atoms with E-state index in [-0.39, 0.29) is 5.91 Å². The molecule has 1 aromatic rings. The van der Waals surface area contributed by atoms with Gasteiger partial charge < -0.3 is 5.32 Å². The van der Waals surface area contributed by atoms with Gasteiger partial charge in [0.15, 0.2) is 0 Å². The number of carbonyl (C=O) groups excluding carboxylic acids is 1. The van der Waals surface area contributed by atoms with Crippen LogP contribution in [-0.2, 0) is 11.2 Å². The van der Waals surface area contributed by atoms with Crippen molar-refractivity contribution in [3.05, 3.63) is 28.8 Å². The highest BCUT2D eigenvalue weighted by Gasteiger charge is 2.04. The van der Waals surface area contributed by atoms with E-state index in [0.29, 0.717) is 16.6 Å². The Labute approximate surface area is 95.6 Å². The summed E-state index contributed by atoms with van der Waals surface area (Å²) in [4.78, 5) is 10.9. The molecule has 0 atom stereocenters. The van der Waals surface area contributed by atoms with E-state index in [1.54, 1.807) is 0 Å². The molecule has 1 N–H and O–H groups in total. The first kappa shape index (κ1) is 12.1. The summed E-state index contributed by atoms with van der Waals surface area (Å²) in [6, 6.07) is 5.75. The Bertz CT molecular complexity index is 361. The second-order valence-corrected chi connectivity index (χ2v) is 4.50. The fraction of sp³-hybridized carbons (Fsp3) is 0.417. The van der Waals surface area contributed by atoms with E-state index in [4.69, 9.17) is 11.6 Å². The van der Waals surface area contributed by atoms with Crippen LogP contribution >= 0.6 is 11.6 Å². The smallest absolute Gasteiger partial charge is 0.221 e. The van der Waals surface area contributed by atoms with Crippen molar-refractivity contribution in [2.75, 3.05) is 5.32 Å². The van der Waals surface area contributed by atoms with Crippen LogP contribution in [0.15, 0.2) is 18.2 Å². The summed E-state index contributed by atoms with van der Waals surface area (Å²) < 4.78 is 0. The Morgan fingerprint density at radius 2 is 2.13 bits per heavy atom. The minimum Gasteiger partial charge on any atom is -0.325 e. The summed E-state index contributed by atoms with van der Waals surface area (Å²) in [6.07, 6.45) is 0.990. The molecular weight excluding hydrogens is 210 g/mol. The van der Waals surface area contributed by atoms with Crippen molar-refractivity contribution in [2.24, 2.45) is 5.92 Å². The molecule has 1 amide bonds. The average Bonchev–Trinajstić information content (AvgIpc) is 2.09. The second kappa shape index (κ2) is 5.17. The van der Waals surface area contributed by atoms with E-state index in [9.17, 15) is 4.79 Å². The molecule has 0 unspecified atom stereocenters. The quantitative estimate of drug-likeness (QED) is 0.838. The van der Waals surface area contributed by atoms with Crippen LogP contribution in [-0.4, -0.2) is 5.91 Å². The third kappa shape index (κ3) is 3.92. The van der Waals surface area contributed by atoms with Gasteiger partial charge >= 0.3 is 0 Å². The van der Waals surface area contributed by atoms with Crippen LogP contribution in [0.4, 0.5) is 5.69 Å². The molecular formula is C12H16ClNO. The van der Waals surface area contributed by atoms with Crippen molar-refractivity contribution in [1.82, 2.24) is 0 Å². The lowest BCUT2D eigenvalue weighted by Gasteiger charge is -2.09. The molecule has 0 aliphatic heterocycles. The normalized spacial score (nSPS) is 10.5. The molecule has 0 aliphatic rings. The van der Waals surface area contributed by atoms with Crippen molar-refractivity contribution in [1.29, 1.82) is 0 Å². The van der Waals surface area contributed by atoms with Gasteiger partial charge in [-0.3, -0.25) is 4.79 Å². The molecule has 0 saturated heterocycles. The second-order valence-electron chi connectivity index (χ2n) is 4.09. The van der Waals surface area contributed by atoms with E-state index in [2.05, 4.69) is 19.2 Å². The summed E-state index contributed by atoms with van der Waals surface area (Å²) >= 11 is 5.96. The monoisotopic (exact) mass is 225 g/mol. The molecule has 0 saturated carbocycles. The van der Waals surface area contributed by atoms with E-state index in [1.165, 1.54) is 12.5 Å². The minimum absolute atomic E-state index is 0.0985. The molecule has 0 fully saturated rings. The molecule has 0 bridgehead atoms. The molecule has 2 nitrogen and oxygen atoms in total. The van der Waals surface area contributed by atoms with Crippen molar-refractivity contribution >= 4 is 23.2 Å². The zero-order valence-corrected chi connectivity index (χ0v) is 10.1.